The third-order valence-corrected chi connectivity index (χ3v) is 3.42. The molecule has 0 radical (unpaired) electrons. The zero-order chi connectivity index (χ0) is 11.7. The van der Waals surface area contributed by atoms with E-state index in [-0.39, 0.29) is 0 Å². The van der Waals surface area contributed by atoms with E-state index in [4.69, 9.17) is 17.3 Å². The van der Waals surface area contributed by atoms with E-state index in [9.17, 15) is 0 Å². The van der Waals surface area contributed by atoms with Crippen molar-refractivity contribution in [1.82, 2.24) is 4.57 Å². The van der Waals surface area contributed by atoms with Gasteiger partial charge in [-0.05, 0) is 24.4 Å². The summed E-state index contributed by atoms with van der Waals surface area (Å²) >= 11 is 6.19. The van der Waals surface area contributed by atoms with E-state index in [1.54, 1.807) is 0 Å². The van der Waals surface area contributed by atoms with E-state index >= 15 is 0 Å². The minimum absolute atomic E-state index is 0.471. The van der Waals surface area contributed by atoms with E-state index in [0.29, 0.717) is 5.92 Å². The predicted molar refractivity (Wildman–Crippen MR) is 70.0 cm³/mol. The highest BCUT2D eigenvalue weighted by atomic mass is 35.5. The summed E-state index contributed by atoms with van der Waals surface area (Å²) in [5.41, 5.74) is 8.18. The maximum Gasteiger partial charge on any atom is 0.0661 e. The van der Waals surface area contributed by atoms with Crippen LogP contribution in [-0.4, -0.2) is 11.1 Å². The number of halogens is 1. The van der Waals surface area contributed by atoms with Crippen molar-refractivity contribution in [2.75, 3.05) is 6.54 Å². The summed E-state index contributed by atoms with van der Waals surface area (Å²) < 4.78 is 2.10. The van der Waals surface area contributed by atoms with Gasteiger partial charge in [-0.15, -0.1) is 0 Å². The Hall–Kier alpha value is -0.990. The number of fused-ring (bicyclic) bond motifs is 1. The van der Waals surface area contributed by atoms with Crippen LogP contribution in [0.4, 0.5) is 0 Å². The molecule has 0 saturated heterocycles. The van der Waals surface area contributed by atoms with E-state index in [1.165, 1.54) is 11.1 Å². The van der Waals surface area contributed by atoms with Gasteiger partial charge in [0.25, 0.3) is 0 Å². The quantitative estimate of drug-likeness (QED) is 0.871. The van der Waals surface area contributed by atoms with Crippen LogP contribution in [0.5, 0.6) is 0 Å². The lowest BCUT2D eigenvalue weighted by Gasteiger charge is -2.13. The highest BCUT2D eigenvalue weighted by Crippen LogP contribution is 2.32. The van der Waals surface area contributed by atoms with E-state index in [1.807, 2.05) is 13.2 Å². The maximum atomic E-state index is 6.19. The van der Waals surface area contributed by atoms with Gasteiger partial charge in [-0.1, -0.05) is 36.7 Å². The van der Waals surface area contributed by atoms with Crippen molar-refractivity contribution >= 4 is 22.5 Å². The van der Waals surface area contributed by atoms with Crippen LogP contribution in [0.25, 0.3) is 10.9 Å². The van der Waals surface area contributed by atoms with Gasteiger partial charge < -0.3 is 10.3 Å². The molecule has 0 fully saturated rings. The summed E-state index contributed by atoms with van der Waals surface area (Å²) in [5, 5.41) is 1.95. The Labute approximate surface area is 101 Å². The van der Waals surface area contributed by atoms with Crippen LogP contribution in [0, 0.1) is 0 Å². The lowest BCUT2D eigenvalue weighted by Crippen LogP contribution is -2.05. The molecule has 0 bridgehead atoms. The molecular weight excluding hydrogens is 220 g/mol. The largest absolute Gasteiger partial charge is 0.349 e. The first kappa shape index (κ1) is 11.5. The first-order valence-electron chi connectivity index (χ1n) is 5.58. The number of benzene rings is 1. The Bertz CT molecular complexity index is 502. The monoisotopic (exact) mass is 236 g/mol. The highest BCUT2D eigenvalue weighted by Gasteiger charge is 2.13. The molecule has 86 valence electrons. The molecule has 0 aliphatic rings. The molecule has 1 aromatic carbocycles. The second-order valence-electron chi connectivity index (χ2n) is 4.31. The first-order valence-corrected chi connectivity index (χ1v) is 5.96. The predicted octanol–water partition coefficient (Wildman–Crippen LogP) is 3.28. The highest BCUT2D eigenvalue weighted by molar-refractivity contribution is 6.35. The van der Waals surface area contributed by atoms with Crippen molar-refractivity contribution in [1.29, 1.82) is 0 Å². The van der Waals surface area contributed by atoms with Gasteiger partial charge in [0.15, 0.2) is 0 Å². The van der Waals surface area contributed by atoms with Gasteiger partial charge in [0.05, 0.1) is 10.5 Å². The fourth-order valence-electron chi connectivity index (χ4n) is 2.25. The molecule has 2 rings (SSSR count). The summed E-state index contributed by atoms with van der Waals surface area (Å²) in [4.78, 5) is 0. The van der Waals surface area contributed by atoms with E-state index in [2.05, 4.69) is 29.7 Å². The minimum atomic E-state index is 0.471. The Balaban J connectivity index is 2.61. The zero-order valence-corrected chi connectivity index (χ0v) is 10.5. The van der Waals surface area contributed by atoms with Crippen molar-refractivity contribution < 1.29 is 0 Å². The smallest absolute Gasteiger partial charge is 0.0661 e. The number of nitrogens with two attached hydrogens (primary N) is 1. The molecule has 1 unspecified atom stereocenters. The molecule has 2 aromatic rings. The Morgan fingerprint density at radius 2 is 2.19 bits per heavy atom. The van der Waals surface area contributed by atoms with Crippen molar-refractivity contribution in [3.63, 3.8) is 0 Å². The normalized spacial score (nSPS) is 13.2. The average molecular weight is 237 g/mol. The molecule has 1 heterocycles. The van der Waals surface area contributed by atoms with Crippen LogP contribution < -0.4 is 5.73 Å². The molecular formula is C13H17ClN2. The molecule has 2 nitrogen and oxygen atoms in total. The van der Waals surface area contributed by atoms with Crippen LogP contribution in [0.1, 0.15) is 24.8 Å². The summed E-state index contributed by atoms with van der Waals surface area (Å²) in [6.45, 7) is 2.93. The number of nitrogens with zero attached hydrogens (tertiary/aromatic N) is 1. The van der Waals surface area contributed by atoms with Crippen molar-refractivity contribution in [3.8, 4) is 0 Å². The maximum absolute atomic E-state index is 6.19. The third kappa shape index (κ3) is 1.83. The molecule has 0 spiro atoms. The minimum Gasteiger partial charge on any atom is -0.349 e. The van der Waals surface area contributed by atoms with Crippen molar-refractivity contribution in [2.45, 2.75) is 19.3 Å². The molecule has 16 heavy (non-hydrogen) atoms. The number of hydrogen-bond acceptors (Lipinski definition) is 1. The Kier molecular flexibility index (Phi) is 3.22. The molecule has 0 saturated carbocycles. The fraction of sp³-hybridized carbons (Fsp3) is 0.385. The van der Waals surface area contributed by atoms with Crippen molar-refractivity contribution in [2.24, 2.45) is 12.8 Å². The van der Waals surface area contributed by atoms with Crippen LogP contribution >= 0.6 is 11.6 Å². The first-order chi connectivity index (χ1) is 7.65. The van der Waals surface area contributed by atoms with Gasteiger partial charge in [-0.2, -0.15) is 0 Å². The summed E-state index contributed by atoms with van der Waals surface area (Å²) in [6, 6.07) is 6.30. The molecule has 2 N–H and O–H groups in total. The summed E-state index contributed by atoms with van der Waals surface area (Å²) in [6.07, 6.45) is 2.97. The second-order valence-corrected chi connectivity index (χ2v) is 4.72. The second kappa shape index (κ2) is 4.48. The van der Waals surface area contributed by atoms with Gasteiger partial charge >= 0.3 is 0 Å². The molecule has 0 aliphatic carbocycles. The number of aryl methyl sites for hydroxylation is 1. The topological polar surface area (TPSA) is 30.9 Å². The van der Waals surface area contributed by atoms with Gasteiger partial charge in [-0.3, -0.25) is 0 Å². The van der Waals surface area contributed by atoms with Crippen LogP contribution in [0.2, 0.25) is 5.02 Å². The lowest BCUT2D eigenvalue weighted by molar-refractivity contribution is 0.691. The van der Waals surface area contributed by atoms with E-state index in [0.717, 1.165) is 23.4 Å². The van der Waals surface area contributed by atoms with E-state index < -0.39 is 0 Å². The van der Waals surface area contributed by atoms with Gasteiger partial charge in [0.1, 0.15) is 0 Å². The zero-order valence-electron chi connectivity index (χ0n) is 9.70. The van der Waals surface area contributed by atoms with Gasteiger partial charge in [-0.25, -0.2) is 0 Å². The summed E-state index contributed by atoms with van der Waals surface area (Å²) in [5.74, 6) is 0.471. The van der Waals surface area contributed by atoms with Crippen LogP contribution in [0.3, 0.4) is 0 Å². The standard InChI is InChI=1S/C13H17ClN2/c1-9(6-7-15)10-4-3-5-11-12(14)8-16(2)13(10)11/h3-5,8-9H,6-7,15H2,1-2H3. The fourth-order valence-corrected chi connectivity index (χ4v) is 2.55. The molecule has 3 heteroatoms. The van der Waals surface area contributed by atoms with Crippen LogP contribution in [-0.2, 0) is 7.05 Å². The molecule has 1 atom stereocenters. The number of rotatable bonds is 3. The summed E-state index contributed by atoms with van der Waals surface area (Å²) in [7, 11) is 2.03. The molecule has 0 amide bonds. The number of aromatic nitrogens is 1. The Morgan fingerprint density at radius 3 is 2.88 bits per heavy atom. The molecule has 0 aliphatic heterocycles. The van der Waals surface area contributed by atoms with Gasteiger partial charge in [0, 0.05) is 18.6 Å². The van der Waals surface area contributed by atoms with Crippen LogP contribution in [0.15, 0.2) is 24.4 Å². The lowest BCUT2D eigenvalue weighted by atomic mass is 9.96. The number of hydrogen-bond donors (Lipinski definition) is 1. The van der Waals surface area contributed by atoms with Crippen molar-refractivity contribution in [3.05, 3.63) is 35.0 Å². The van der Waals surface area contributed by atoms with Gasteiger partial charge in [0.2, 0.25) is 0 Å². The SMILES string of the molecule is CC(CCN)c1cccc2c(Cl)cn(C)c12. The Morgan fingerprint density at radius 1 is 1.44 bits per heavy atom. The third-order valence-electron chi connectivity index (χ3n) is 3.11. The molecule has 1 aromatic heterocycles. The average Bonchev–Trinajstić information content (AvgIpc) is 2.55. The number of para-hydroxylation sites is 1.